The molecule has 1 aliphatic rings. The van der Waals surface area contributed by atoms with Crippen LogP contribution in [0.25, 0.3) is 11.0 Å². The van der Waals surface area contributed by atoms with E-state index < -0.39 is 5.91 Å². The van der Waals surface area contributed by atoms with Gasteiger partial charge in [-0.3, -0.25) is 4.79 Å². The maximum atomic E-state index is 11.3. The molecule has 1 saturated heterocycles. The second-order valence-electron chi connectivity index (χ2n) is 5.25. The topological polar surface area (TPSA) is 64.2 Å². The molecule has 1 fully saturated rings. The molecular weight excluding hydrogens is 240 g/mol. The Hall–Kier alpha value is -1.88. The number of benzene rings is 1. The van der Waals surface area contributed by atoms with E-state index in [0.29, 0.717) is 11.6 Å². The van der Waals surface area contributed by atoms with Crippen LogP contribution in [0.5, 0.6) is 0 Å². The number of nitrogens with two attached hydrogens (primary N) is 1. The number of carbonyl (C=O) groups excluding carboxylic acids is 1. The number of fused-ring (bicyclic) bond motifs is 1. The van der Waals surface area contributed by atoms with E-state index in [2.05, 4.69) is 21.5 Å². The van der Waals surface area contributed by atoms with Crippen molar-refractivity contribution in [3.05, 3.63) is 30.1 Å². The summed E-state index contributed by atoms with van der Waals surface area (Å²) in [6.07, 6.45) is 4.11. The summed E-state index contributed by atoms with van der Waals surface area (Å²) in [5, 5.41) is 0. The zero-order chi connectivity index (χ0) is 13.4. The van der Waals surface area contributed by atoms with Crippen LogP contribution in [0.4, 0.5) is 0 Å². The minimum absolute atomic E-state index is 0.391. The Kier molecular flexibility index (Phi) is 2.98. The average molecular weight is 258 g/mol. The SMILES string of the molecule is CN1CCC(n2cnc3ccc(C(N)=O)cc32)CC1. The molecule has 5 nitrogen and oxygen atoms in total. The summed E-state index contributed by atoms with van der Waals surface area (Å²) in [5.74, 6) is -0.391. The molecule has 3 rings (SSSR count). The highest BCUT2D eigenvalue weighted by Gasteiger charge is 2.20. The van der Waals surface area contributed by atoms with Gasteiger partial charge in [0.15, 0.2) is 0 Å². The molecule has 2 heterocycles. The lowest BCUT2D eigenvalue weighted by Gasteiger charge is -2.30. The summed E-state index contributed by atoms with van der Waals surface area (Å²) in [6.45, 7) is 2.19. The summed E-state index contributed by atoms with van der Waals surface area (Å²) < 4.78 is 2.19. The van der Waals surface area contributed by atoms with Crippen molar-refractivity contribution in [2.75, 3.05) is 20.1 Å². The molecule has 100 valence electrons. The van der Waals surface area contributed by atoms with E-state index in [9.17, 15) is 4.79 Å². The van der Waals surface area contributed by atoms with Crippen LogP contribution in [0.15, 0.2) is 24.5 Å². The third kappa shape index (κ3) is 2.21. The molecule has 0 radical (unpaired) electrons. The molecule has 1 aliphatic heterocycles. The van der Waals surface area contributed by atoms with Crippen LogP contribution < -0.4 is 5.73 Å². The molecule has 0 aliphatic carbocycles. The Morgan fingerprint density at radius 3 is 2.79 bits per heavy atom. The zero-order valence-electron chi connectivity index (χ0n) is 11.0. The van der Waals surface area contributed by atoms with Gasteiger partial charge in [-0.05, 0) is 51.2 Å². The second kappa shape index (κ2) is 4.66. The van der Waals surface area contributed by atoms with E-state index in [0.717, 1.165) is 37.0 Å². The first kappa shape index (κ1) is 12.2. The maximum absolute atomic E-state index is 11.3. The highest BCUT2D eigenvalue weighted by Crippen LogP contribution is 2.26. The number of rotatable bonds is 2. The molecule has 5 heteroatoms. The Balaban J connectivity index is 1.99. The van der Waals surface area contributed by atoms with Gasteiger partial charge < -0.3 is 15.2 Å². The van der Waals surface area contributed by atoms with E-state index in [-0.39, 0.29) is 0 Å². The van der Waals surface area contributed by atoms with Crippen LogP contribution in [-0.4, -0.2) is 40.5 Å². The van der Waals surface area contributed by atoms with Crippen molar-refractivity contribution in [1.29, 1.82) is 0 Å². The molecule has 0 saturated carbocycles. The van der Waals surface area contributed by atoms with E-state index in [1.54, 1.807) is 6.07 Å². The van der Waals surface area contributed by atoms with Gasteiger partial charge in [0.05, 0.1) is 17.4 Å². The van der Waals surface area contributed by atoms with Crippen LogP contribution in [0, 0.1) is 0 Å². The van der Waals surface area contributed by atoms with E-state index in [4.69, 9.17) is 5.73 Å². The molecule has 0 unspecified atom stereocenters. The van der Waals surface area contributed by atoms with Gasteiger partial charge in [0.1, 0.15) is 0 Å². The van der Waals surface area contributed by atoms with Crippen LogP contribution in [-0.2, 0) is 0 Å². The molecule has 2 aromatic rings. The largest absolute Gasteiger partial charge is 0.366 e. The molecule has 1 aromatic carbocycles. The standard InChI is InChI=1S/C14H18N4O/c1-17-6-4-11(5-7-17)18-9-16-12-3-2-10(14(15)19)8-13(12)18/h2-3,8-9,11H,4-7H2,1H3,(H2,15,19). The molecular formula is C14H18N4O. The van der Waals surface area contributed by atoms with Crippen LogP contribution in [0.2, 0.25) is 0 Å². The lowest BCUT2D eigenvalue weighted by Crippen LogP contribution is -2.31. The first-order chi connectivity index (χ1) is 9.15. The quantitative estimate of drug-likeness (QED) is 0.885. The maximum Gasteiger partial charge on any atom is 0.248 e. The van der Waals surface area contributed by atoms with Gasteiger partial charge in [0.25, 0.3) is 0 Å². The summed E-state index contributed by atoms with van der Waals surface area (Å²) in [6, 6.07) is 5.91. The van der Waals surface area contributed by atoms with Gasteiger partial charge in [0.2, 0.25) is 5.91 Å². The van der Waals surface area contributed by atoms with E-state index >= 15 is 0 Å². The van der Waals surface area contributed by atoms with Gasteiger partial charge in [-0.15, -0.1) is 0 Å². The van der Waals surface area contributed by atoms with Crippen molar-refractivity contribution in [2.24, 2.45) is 5.73 Å². The number of carbonyl (C=O) groups is 1. The number of piperidine rings is 1. The van der Waals surface area contributed by atoms with Crippen LogP contribution in [0.1, 0.15) is 29.2 Å². The molecule has 2 N–H and O–H groups in total. The third-order valence-electron chi connectivity index (χ3n) is 3.94. The minimum Gasteiger partial charge on any atom is -0.366 e. The number of primary amides is 1. The number of nitrogens with zero attached hydrogens (tertiary/aromatic N) is 3. The smallest absolute Gasteiger partial charge is 0.248 e. The van der Waals surface area contributed by atoms with Crippen molar-refractivity contribution in [3.8, 4) is 0 Å². The van der Waals surface area contributed by atoms with Crippen molar-refractivity contribution < 1.29 is 4.79 Å². The first-order valence-electron chi connectivity index (χ1n) is 6.60. The number of imidazole rings is 1. The van der Waals surface area contributed by atoms with Crippen molar-refractivity contribution in [2.45, 2.75) is 18.9 Å². The van der Waals surface area contributed by atoms with Crippen molar-refractivity contribution in [1.82, 2.24) is 14.5 Å². The number of likely N-dealkylation sites (tertiary alicyclic amines) is 1. The van der Waals surface area contributed by atoms with Gasteiger partial charge in [0, 0.05) is 11.6 Å². The van der Waals surface area contributed by atoms with E-state index in [1.165, 1.54) is 0 Å². The van der Waals surface area contributed by atoms with Gasteiger partial charge >= 0.3 is 0 Å². The Morgan fingerprint density at radius 1 is 1.37 bits per heavy atom. The minimum atomic E-state index is -0.391. The number of amides is 1. The lowest BCUT2D eigenvalue weighted by molar-refractivity contribution is 0.100. The summed E-state index contributed by atoms with van der Waals surface area (Å²) in [7, 11) is 2.15. The van der Waals surface area contributed by atoms with E-state index in [1.807, 2.05) is 18.5 Å². The molecule has 1 aromatic heterocycles. The second-order valence-corrected chi connectivity index (χ2v) is 5.25. The molecule has 1 amide bonds. The number of hydrogen-bond acceptors (Lipinski definition) is 3. The molecule has 19 heavy (non-hydrogen) atoms. The Morgan fingerprint density at radius 2 is 2.11 bits per heavy atom. The Bertz CT molecular complexity index is 611. The summed E-state index contributed by atoms with van der Waals surface area (Å²) >= 11 is 0. The highest BCUT2D eigenvalue weighted by molar-refractivity contribution is 5.96. The van der Waals surface area contributed by atoms with Crippen molar-refractivity contribution >= 4 is 16.9 Å². The fourth-order valence-electron chi connectivity index (χ4n) is 2.74. The van der Waals surface area contributed by atoms with Crippen LogP contribution >= 0.6 is 0 Å². The molecule has 0 bridgehead atoms. The van der Waals surface area contributed by atoms with Crippen molar-refractivity contribution in [3.63, 3.8) is 0 Å². The fraction of sp³-hybridized carbons (Fsp3) is 0.429. The average Bonchev–Trinajstić information content (AvgIpc) is 2.82. The summed E-state index contributed by atoms with van der Waals surface area (Å²) in [4.78, 5) is 18.0. The Labute approximate surface area is 112 Å². The van der Waals surface area contributed by atoms with Gasteiger partial charge in [-0.25, -0.2) is 4.98 Å². The third-order valence-corrected chi connectivity index (χ3v) is 3.94. The molecule has 0 atom stereocenters. The molecule has 0 spiro atoms. The predicted octanol–water partition coefficient (Wildman–Crippen LogP) is 1.40. The predicted molar refractivity (Wildman–Crippen MR) is 74.0 cm³/mol. The normalized spacial score (nSPS) is 17.9. The first-order valence-corrected chi connectivity index (χ1v) is 6.60. The van der Waals surface area contributed by atoms with Gasteiger partial charge in [-0.2, -0.15) is 0 Å². The number of aromatic nitrogens is 2. The highest BCUT2D eigenvalue weighted by atomic mass is 16.1. The number of hydrogen-bond donors (Lipinski definition) is 1. The lowest BCUT2D eigenvalue weighted by atomic mass is 10.0. The fourth-order valence-corrected chi connectivity index (χ4v) is 2.74. The zero-order valence-corrected chi connectivity index (χ0v) is 11.0. The summed E-state index contributed by atoms with van der Waals surface area (Å²) in [5.41, 5.74) is 7.81. The monoisotopic (exact) mass is 258 g/mol. The van der Waals surface area contributed by atoms with Crippen LogP contribution in [0.3, 0.4) is 0 Å². The van der Waals surface area contributed by atoms with Gasteiger partial charge in [-0.1, -0.05) is 0 Å².